The number of hydrogen-bond acceptors (Lipinski definition) is 4. The first-order chi connectivity index (χ1) is 9.91. The fourth-order valence-electron chi connectivity index (χ4n) is 1.96. The Balaban J connectivity index is 2.99. The number of aromatic amines is 2. The van der Waals surface area contributed by atoms with Gasteiger partial charge in [-0.1, -0.05) is 11.6 Å². The monoisotopic (exact) mass is 356 g/mol. The van der Waals surface area contributed by atoms with Crippen LogP contribution in [0.4, 0.5) is 13.2 Å². The fourth-order valence-corrected chi connectivity index (χ4v) is 3.31. The van der Waals surface area contributed by atoms with Gasteiger partial charge in [-0.05, 0) is 12.1 Å². The molecule has 0 unspecified atom stereocenters. The predicted octanol–water partition coefficient (Wildman–Crippen LogP) is 2.15. The Morgan fingerprint density at radius 2 is 1.82 bits per heavy atom. The number of alkyl halides is 3. The topological polar surface area (TPSA) is 103 Å². The second kappa shape index (κ2) is 5.06. The summed E-state index contributed by atoms with van der Waals surface area (Å²) < 4.78 is 62.9. The van der Waals surface area contributed by atoms with E-state index < -0.39 is 54.3 Å². The van der Waals surface area contributed by atoms with Crippen molar-refractivity contribution in [1.82, 2.24) is 9.97 Å². The summed E-state index contributed by atoms with van der Waals surface area (Å²) in [6, 6.07) is 1.37. The van der Waals surface area contributed by atoms with E-state index in [1.54, 1.807) is 0 Å². The first kappa shape index (κ1) is 16.4. The molecular weight excluding hydrogens is 349 g/mol. The molecule has 0 atom stereocenters. The standard InChI is InChI=1S/C11H8ClF3N2O4S/c1-22(20,21)8-5(7-9(18)17-10(19)16-7)2-4(12)3-6(8)11(13,14)15/h2-3,18H,1H3,(H2,16,17,19). The largest absolute Gasteiger partial charge is 0.493 e. The van der Waals surface area contributed by atoms with Gasteiger partial charge in [-0.3, -0.25) is 4.98 Å². The number of nitrogens with one attached hydrogen (secondary N) is 2. The van der Waals surface area contributed by atoms with Crippen LogP contribution in [0.3, 0.4) is 0 Å². The van der Waals surface area contributed by atoms with E-state index in [0.29, 0.717) is 12.3 Å². The summed E-state index contributed by atoms with van der Waals surface area (Å²) in [5.41, 5.74) is -3.46. The maximum atomic E-state index is 13.1. The van der Waals surface area contributed by atoms with Crippen LogP contribution < -0.4 is 5.69 Å². The predicted molar refractivity (Wildman–Crippen MR) is 71.6 cm³/mol. The summed E-state index contributed by atoms with van der Waals surface area (Å²) in [6.07, 6.45) is -4.42. The lowest BCUT2D eigenvalue weighted by Crippen LogP contribution is -2.14. The number of rotatable bonds is 2. The SMILES string of the molecule is CS(=O)(=O)c1c(-c2[nH]c(=O)[nH]c2O)cc(Cl)cc1C(F)(F)F. The fraction of sp³-hybridized carbons (Fsp3) is 0.182. The number of imidazole rings is 1. The maximum Gasteiger partial charge on any atom is 0.417 e. The average molecular weight is 357 g/mol. The highest BCUT2D eigenvalue weighted by Gasteiger charge is 2.39. The molecule has 0 radical (unpaired) electrons. The lowest BCUT2D eigenvalue weighted by molar-refractivity contribution is -0.139. The third-order valence-electron chi connectivity index (χ3n) is 2.71. The molecule has 3 N–H and O–H groups in total. The molecule has 1 aromatic heterocycles. The number of sulfone groups is 1. The Labute approximate surface area is 126 Å². The smallest absolute Gasteiger partial charge is 0.417 e. The van der Waals surface area contributed by atoms with Gasteiger partial charge in [0.2, 0.25) is 5.88 Å². The van der Waals surface area contributed by atoms with Crippen molar-refractivity contribution in [2.24, 2.45) is 0 Å². The zero-order chi connectivity index (χ0) is 16.9. The van der Waals surface area contributed by atoms with E-state index in [1.807, 2.05) is 9.97 Å². The molecule has 1 aromatic carbocycles. The number of halogens is 4. The molecular formula is C11H8ClF3N2O4S. The van der Waals surface area contributed by atoms with Gasteiger partial charge in [0.05, 0.1) is 10.5 Å². The van der Waals surface area contributed by atoms with Crippen molar-refractivity contribution >= 4 is 21.4 Å². The molecule has 11 heteroatoms. The second-order valence-corrected chi connectivity index (χ2v) is 6.79. The molecule has 0 saturated carbocycles. The van der Waals surface area contributed by atoms with Crippen molar-refractivity contribution in [3.8, 4) is 17.1 Å². The Kier molecular flexibility index (Phi) is 3.78. The van der Waals surface area contributed by atoms with Gasteiger partial charge >= 0.3 is 11.9 Å². The zero-order valence-electron chi connectivity index (χ0n) is 10.7. The van der Waals surface area contributed by atoms with E-state index >= 15 is 0 Å². The molecule has 22 heavy (non-hydrogen) atoms. The minimum Gasteiger partial charge on any atom is -0.493 e. The molecule has 0 bridgehead atoms. The van der Waals surface area contributed by atoms with Crippen LogP contribution in [-0.4, -0.2) is 29.7 Å². The van der Waals surface area contributed by atoms with E-state index in [4.69, 9.17) is 11.6 Å². The van der Waals surface area contributed by atoms with Gasteiger partial charge < -0.3 is 10.1 Å². The van der Waals surface area contributed by atoms with Crippen molar-refractivity contribution in [1.29, 1.82) is 0 Å². The van der Waals surface area contributed by atoms with Crippen LogP contribution in [0.25, 0.3) is 11.3 Å². The highest BCUT2D eigenvalue weighted by molar-refractivity contribution is 7.91. The van der Waals surface area contributed by atoms with Gasteiger partial charge in [-0.25, -0.2) is 13.2 Å². The summed E-state index contributed by atoms with van der Waals surface area (Å²) >= 11 is 5.61. The number of aromatic hydroxyl groups is 1. The van der Waals surface area contributed by atoms with Crippen LogP contribution >= 0.6 is 11.6 Å². The van der Waals surface area contributed by atoms with Gasteiger partial charge in [-0.15, -0.1) is 0 Å². The Morgan fingerprint density at radius 3 is 2.23 bits per heavy atom. The lowest BCUT2D eigenvalue weighted by Gasteiger charge is -2.15. The Hall–Kier alpha value is -1.94. The van der Waals surface area contributed by atoms with Crippen LogP contribution in [0.5, 0.6) is 5.88 Å². The normalized spacial score (nSPS) is 12.6. The zero-order valence-corrected chi connectivity index (χ0v) is 12.3. The van der Waals surface area contributed by atoms with Crippen LogP contribution in [0.15, 0.2) is 21.8 Å². The van der Waals surface area contributed by atoms with Crippen LogP contribution in [0.2, 0.25) is 5.02 Å². The molecule has 2 rings (SSSR count). The molecule has 2 aromatic rings. The van der Waals surface area contributed by atoms with Crippen LogP contribution in [0.1, 0.15) is 5.56 Å². The van der Waals surface area contributed by atoms with E-state index in [1.165, 1.54) is 0 Å². The second-order valence-electron chi connectivity index (χ2n) is 4.40. The third kappa shape index (κ3) is 2.97. The number of H-pyrrole nitrogens is 2. The first-order valence-electron chi connectivity index (χ1n) is 5.53. The van der Waals surface area contributed by atoms with E-state index in [9.17, 15) is 31.5 Å². The molecule has 0 fully saturated rings. The summed E-state index contributed by atoms with van der Waals surface area (Å²) in [7, 11) is -4.35. The first-order valence-corrected chi connectivity index (χ1v) is 7.80. The summed E-state index contributed by atoms with van der Waals surface area (Å²) in [5, 5.41) is 9.15. The van der Waals surface area contributed by atoms with Gasteiger partial charge in [0.1, 0.15) is 5.69 Å². The molecule has 0 saturated heterocycles. The molecule has 1 heterocycles. The minimum atomic E-state index is -5.00. The summed E-state index contributed by atoms with van der Waals surface area (Å²) in [4.78, 5) is 14.0. The van der Waals surface area contributed by atoms with Crippen molar-refractivity contribution in [3.63, 3.8) is 0 Å². The van der Waals surface area contributed by atoms with E-state index in [-0.39, 0.29) is 0 Å². The van der Waals surface area contributed by atoms with Gasteiger partial charge in [-0.2, -0.15) is 13.2 Å². The van der Waals surface area contributed by atoms with Crippen LogP contribution in [0, 0.1) is 0 Å². The van der Waals surface area contributed by atoms with Gasteiger partial charge in [0, 0.05) is 16.8 Å². The average Bonchev–Trinajstić information content (AvgIpc) is 2.64. The van der Waals surface area contributed by atoms with E-state index in [0.717, 1.165) is 6.07 Å². The van der Waals surface area contributed by atoms with Crippen molar-refractivity contribution < 1.29 is 26.7 Å². The number of hydrogen-bond donors (Lipinski definition) is 3. The lowest BCUT2D eigenvalue weighted by atomic mass is 10.1. The molecule has 0 aliphatic rings. The van der Waals surface area contributed by atoms with Crippen molar-refractivity contribution in [3.05, 3.63) is 33.2 Å². The molecule has 0 spiro atoms. The molecule has 120 valence electrons. The van der Waals surface area contributed by atoms with Crippen molar-refractivity contribution in [2.45, 2.75) is 11.1 Å². The minimum absolute atomic E-state index is 0.406. The molecule has 6 nitrogen and oxygen atoms in total. The highest BCUT2D eigenvalue weighted by Crippen LogP contribution is 2.42. The van der Waals surface area contributed by atoms with Crippen LogP contribution in [-0.2, 0) is 16.0 Å². The van der Waals surface area contributed by atoms with E-state index in [2.05, 4.69) is 0 Å². The Bertz CT molecular complexity index is 899. The summed E-state index contributed by atoms with van der Waals surface area (Å²) in [5.74, 6) is -0.801. The van der Waals surface area contributed by atoms with Crippen molar-refractivity contribution in [2.75, 3.05) is 6.26 Å². The Morgan fingerprint density at radius 1 is 1.23 bits per heavy atom. The molecule has 0 aliphatic heterocycles. The van der Waals surface area contributed by atoms with Gasteiger partial charge in [0.15, 0.2) is 9.84 Å². The molecule has 0 amide bonds. The maximum absolute atomic E-state index is 13.1. The highest BCUT2D eigenvalue weighted by atomic mass is 35.5. The van der Waals surface area contributed by atoms with Gasteiger partial charge in [0.25, 0.3) is 0 Å². The number of aromatic nitrogens is 2. The summed E-state index contributed by atoms with van der Waals surface area (Å²) in [6.45, 7) is 0. The third-order valence-corrected chi connectivity index (χ3v) is 4.11. The quantitative estimate of drug-likeness (QED) is 0.767. The molecule has 0 aliphatic carbocycles. The number of benzene rings is 1.